The van der Waals surface area contributed by atoms with Gasteiger partial charge < -0.3 is 9.78 Å². The number of rotatable bonds is 12. The van der Waals surface area contributed by atoms with Crippen molar-refractivity contribution in [3.63, 3.8) is 0 Å². The second-order valence-corrected chi connectivity index (χ2v) is 13.9. The molecule has 0 radical (unpaired) electrons. The van der Waals surface area contributed by atoms with Gasteiger partial charge in [-0.25, -0.2) is 4.85 Å². The third-order valence-corrected chi connectivity index (χ3v) is 10.6. The second-order valence-electron chi connectivity index (χ2n) is 13.9. The first-order valence-corrected chi connectivity index (χ1v) is 18.0. The molecule has 0 saturated heterocycles. The Balaban J connectivity index is 0.927. The zero-order valence-corrected chi connectivity index (χ0v) is 29.4. The highest BCUT2D eigenvalue weighted by Crippen LogP contribution is 2.56. The average Bonchev–Trinajstić information content (AvgIpc) is 3.78. The Morgan fingerprint density at radius 2 is 1.13 bits per heavy atom. The van der Waals surface area contributed by atoms with Gasteiger partial charge in [0.05, 0.1) is 18.2 Å². The molecule has 0 aliphatic heterocycles. The fourth-order valence-corrected chi connectivity index (χ4v) is 8.03. The summed E-state index contributed by atoms with van der Waals surface area (Å²) in [7, 11) is 0. The lowest BCUT2D eigenvalue weighted by Crippen LogP contribution is -2.24. The molecule has 1 unspecified atom stereocenters. The normalized spacial score (nSPS) is 15.4. The SMILES string of the molecule is [C-]#[N+]c1ccc(Cc2ccc(Cc3cccc4c3C3(CC4)CCc4cccc(OOCc5ccc(OOCc6ccc(C#N)cc6)cc5)c43)cc2)cc1. The molecule has 1 atom stereocenters. The summed E-state index contributed by atoms with van der Waals surface area (Å²) in [5.41, 5.74) is 13.7. The largest absolute Gasteiger partial charge is 0.337 e. The van der Waals surface area contributed by atoms with Crippen LogP contribution in [0.1, 0.15) is 74.0 Å². The minimum Gasteiger partial charge on any atom is -0.337 e. The van der Waals surface area contributed by atoms with Gasteiger partial charge in [-0.2, -0.15) is 15.0 Å². The summed E-state index contributed by atoms with van der Waals surface area (Å²) in [5, 5.41) is 8.97. The highest BCUT2D eigenvalue weighted by Gasteiger charge is 2.48. The maximum absolute atomic E-state index is 8.97. The molecule has 6 aromatic rings. The van der Waals surface area contributed by atoms with Gasteiger partial charge in [0, 0.05) is 11.0 Å². The van der Waals surface area contributed by atoms with E-state index < -0.39 is 0 Å². The molecule has 0 heterocycles. The fourth-order valence-electron chi connectivity index (χ4n) is 8.03. The quantitative estimate of drug-likeness (QED) is 0.0725. The first kappa shape index (κ1) is 33.9. The lowest BCUT2D eigenvalue weighted by molar-refractivity contribution is -0.219. The highest BCUT2D eigenvalue weighted by molar-refractivity contribution is 5.61. The van der Waals surface area contributed by atoms with Crippen molar-refractivity contribution in [1.82, 2.24) is 0 Å². The third kappa shape index (κ3) is 7.30. The number of nitrogens with zero attached hydrogens (tertiary/aromatic N) is 2. The van der Waals surface area contributed by atoms with Crippen molar-refractivity contribution in [3.05, 3.63) is 206 Å². The van der Waals surface area contributed by atoms with E-state index in [-0.39, 0.29) is 18.6 Å². The number of fused-ring (bicyclic) bond motifs is 4. The van der Waals surface area contributed by atoms with Crippen molar-refractivity contribution in [2.75, 3.05) is 0 Å². The Bertz CT molecular complexity index is 2300. The van der Waals surface area contributed by atoms with Gasteiger partial charge in [-0.05, 0) is 119 Å². The molecule has 6 nitrogen and oxygen atoms in total. The molecule has 0 bridgehead atoms. The number of benzene rings is 6. The second kappa shape index (κ2) is 15.2. The van der Waals surface area contributed by atoms with Crippen molar-refractivity contribution < 1.29 is 19.6 Å². The summed E-state index contributed by atoms with van der Waals surface area (Å²) < 4.78 is 0. The van der Waals surface area contributed by atoms with E-state index >= 15 is 0 Å². The monoisotopic (exact) mass is 694 g/mol. The Morgan fingerprint density at radius 1 is 0.585 bits per heavy atom. The van der Waals surface area contributed by atoms with E-state index in [1.165, 1.54) is 44.5 Å². The van der Waals surface area contributed by atoms with Crippen molar-refractivity contribution in [1.29, 1.82) is 5.26 Å². The lowest BCUT2D eigenvalue weighted by atomic mass is 9.74. The predicted molar refractivity (Wildman–Crippen MR) is 203 cm³/mol. The van der Waals surface area contributed by atoms with E-state index in [0.717, 1.165) is 55.4 Å². The van der Waals surface area contributed by atoms with E-state index in [0.29, 0.717) is 17.0 Å². The number of aryl methyl sites for hydroxylation is 2. The molecule has 53 heavy (non-hydrogen) atoms. The average molecular weight is 695 g/mol. The van der Waals surface area contributed by atoms with Gasteiger partial charge in [-0.15, -0.1) is 0 Å². The molecule has 2 aliphatic carbocycles. The molecular formula is C47H38N2O4. The summed E-state index contributed by atoms with van der Waals surface area (Å²) >= 11 is 0. The maximum Gasteiger partial charge on any atom is 0.187 e. The van der Waals surface area contributed by atoms with E-state index in [9.17, 15) is 0 Å². The molecule has 2 aliphatic rings. The van der Waals surface area contributed by atoms with Crippen LogP contribution in [0, 0.1) is 17.9 Å². The van der Waals surface area contributed by atoms with E-state index in [4.69, 9.17) is 31.4 Å². The van der Waals surface area contributed by atoms with Crippen molar-refractivity contribution >= 4 is 5.69 Å². The lowest BCUT2D eigenvalue weighted by Gasteiger charge is -2.30. The molecule has 260 valence electrons. The van der Waals surface area contributed by atoms with Crippen molar-refractivity contribution in [3.8, 4) is 17.6 Å². The van der Waals surface area contributed by atoms with E-state index in [1.807, 2.05) is 66.7 Å². The van der Waals surface area contributed by atoms with Crippen LogP contribution in [0.25, 0.3) is 4.85 Å². The first-order chi connectivity index (χ1) is 26.1. The van der Waals surface area contributed by atoms with Crippen LogP contribution in [0.4, 0.5) is 5.69 Å². The molecule has 8 rings (SSSR count). The van der Waals surface area contributed by atoms with Crippen LogP contribution in [-0.4, -0.2) is 0 Å². The van der Waals surface area contributed by atoms with Gasteiger partial charge in [-0.1, -0.05) is 103 Å². The molecule has 1 spiro atoms. The van der Waals surface area contributed by atoms with Gasteiger partial charge in [0.1, 0.15) is 13.2 Å². The molecule has 6 heteroatoms. The van der Waals surface area contributed by atoms with Crippen molar-refractivity contribution in [2.45, 2.75) is 57.2 Å². The number of nitriles is 1. The number of hydrogen-bond donors (Lipinski definition) is 0. The minimum absolute atomic E-state index is 0.102. The summed E-state index contributed by atoms with van der Waals surface area (Å²) in [6.07, 6.45) is 5.91. The summed E-state index contributed by atoms with van der Waals surface area (Å²) in [6, 6.07) is 46.9. The predicted octanol–water partition coefficient (Wildman–Crippen LogP) is 10.5. The zero-order valence-electron chi connectivity index (χ0n) is 29.4. The smallest absolute Gasteiger partial charge is 0.187 e. The summed E-state index contributed by atoms with van der Waals surface area (Å²) in [5.74, 6) is 1.38. The Labute approximate surface area is 310 Å². The maximum atomic E-state index is 8.97. The van der Waals surface area contributed by atoms with Crippen LogP contribution in [0.3, 0.4) is 0 Å². The standard InChI is InChI=1S/C47H38N2O4/c1-49-42-20-16-34(17-21-42)28-33-8-10-35(11-9-33)29-41-6-2-4-39-24-26-47(45(39)41)27-25-40-5-3-7-44(46(40)47)53-51-32-38-18-22-43(23-19-38)52-50-31-37-14-12-36(30-48)13-15-37/h2-23H,24-29,31-32H2. The van der Waals surface area contributed by atoms with E-state index in [1.54, 1.807) is 12.1 Å². The minimum atomic E-state index is -0.102. The van der Waals surface area contributed by atoms with Gasteiger partial charge in [-0.3, -0.25) is 0 Å². The van der Waals surface area contributed by atoms with Crippen molar-refractivity contribution in [2.24, 2.45) is 0 Å². The molecule has 0 amide bonds. The summed E-state index contributed by atoms with van der Waals surface area (Å²) in [4.78, 5) is 26.4. The van der Waals surface area contributed by atoms with Crippen LogP contribution in [0.5, 0.6) is 11.5 Å². The molecule has 6 aromatic carbocycles. The molecule has 0 aromatic heterocycles. The zero-order chi connectivity index (χ0) is 36.0. The van der Waals surface area contributed by atoms with Gasteiger partial charge >= 0.3 is 0 Å². The van der Waals surface area contributed by atoms with Crippen LogP contribution in [0.15, 0.2) is 133 Å². The van der Waals surface area contributed by atoms with Crippen LogP contribution in [0.2, 0.25) is 0 Å². The van der Waals surface area contributed by atoms with Gasteiger partial charge in [0.2, 0.25) is 0 Å². The molecular weight excluding hydrogens is 657 g/mol. The molecule has 0 saturated carbocycles. The number of hydrogen-bond acceptors (Lipinski definition) is 5. The third-order valence-electron chi connectivity index (χ3n) is 10.6. The molecule has 0 fully saturated rings. The Hall–Kier alpha value is -6.18. The summed E-state index contributed by atoms with van der Waals surface area (Å²) in [6.45, 7) is 7.76. The van der Waals surface area contributed by atoms with E-state index in [2.05, 4.69) is 65.5 Å². The van der Waals surface area contributed by atoms with Crippen LogP contribution in [-0.2, 0) is 54.1 Å². The Morgan fingerprint density at radius 3 is 1.77 bits per heavy atom. The van der Waals surface area contributed by atoms with Crippen LogP contribution >= 0.6 is 0 Å². The van der Waals surface area contributed by atoms with Gasteiger partial charge in [0.25, 0.3) is 0 Å². The topological polar surface area (TPSA) is 65.1 Å². The van der Waals surface area contributed by atoms with Crippen LogP contribution < -0.4 is 9.78 Å². The molecule has 0 N–H and O–H groups in total. The Kier molecular flexibility index (Phi) is 9.73. The fraction of sp³-hybridized carbons (Fsp3) is 0.191. The highest BCUT2D eigenvalue weighted by atomic mass is 17.2. The van der Waals surface area contributed by atoms with Gasteiger partial charge in [0.15, 0.2) is 17.2 Å². The first-order valence-electron chi connectivity index (χ1n) is 18.0.